The molecule has 4 heterocycles. The van der Waals surface area contributed by atoms with Crippen molar-refractivity contribution in [3.8, 4) is 16.9 Å². The third-order valence-electron chi connectivity index (χ3n) is 6.83. The summed E-state index contributed by atoms with van der Waals surface area (Å²) >= 11 is 0. The molecule has 1 aliphatic rings. The number of rotatable bonds is 6. The molecule has 0 spiro atoms. The average Bonchev–Trinajstić information content (AvgIpc) is 3.32. The number of imidazole rings is 1. The van der Waals surface area contributed by atoms with Gasteiger partial charge < -0.3 is 14.2 Å². The maximum atomic E-state index is 13.9. The lowest BCUT2D eigenvalue weighted by Gasteiger charge is -2.35. The van der Waals surface area contributed by atoms with Gasteiger partial charge in [0.05, 0.1) is 18.8 Å². The van der Waals surface area contributed by atoms with Crippen molar-refractivity contribution in [2.24, 2.45) is 0 Å². The van der Waals surface area contributed by atoms with E-state index in [-0.39, 0.29) is 17.5 Å². The predicted molar refractivity (Wildman–Crippen MR) is 132 cm³/mol. The third kappa shape index (κ3) is 4.71. The monoisotopic (exact) mass is 522 g/mol. The number of aryl methyl sites for hydroxylation is 1. The number of hydrogen-bond acceptors (Lipinski definition) is 6. The number of amides is 1. The van der Waals surface area contributed by atoms with Gasteiger partial charge in [-0.2, -0.15) is 13.2 Å². The van der Waals surface area contributed by atoms with Crippen molar-refractivity contribution < 1.29 is 22.7 Å². The maximum Gasteiger partial charge on any atom is 0.434 e. The van der Waals surface area contributed by atoms with E-state index < -0.39 is 11.9 Å². The highest BCUT2D eigenvalue weighted by Crippen LogP contribution is 2.40. The summed E-state index contributed by atoms with van der Waals surface area (Å²) in [6.07, 6.45) is 2.78. The number of aromatic nitrogens is 5. The minimum Gasteiger partial charge on any atom is -0.497 e. The van der Waals surface area contributed by atoms with Crippen molar-refractivity contribution in [2.45, 2.75) is 39.0 Å². The molecule has 38 heavy (non-hydrogen) atoms. The van der Waals surface area contributed by atoms with Gasteiger partial charge in [-0.1, -0.05) is 0 Å². The summed E-state index contributed by atoms with van der Waals surface area (Å²) in [5.41, 5.74) is 1.35. The molecule has 1 aromatic carbocycles. The Kier molecular flexibility index (Phi) is 6.60. The predicted octanol–water partition coefficient (Wildman–Crippen LogP) is 4.88. The zero-order chi connectivity index (χ0) is 27.0. The fourth-order valence-electron chi connectivity index (χ4n) is 4.84. The van der Waals surface area contributed by atoms with Gasteiger partial charge in [0.2, 0.25) is 0 Å². The summed E-state index contributed by atoms with van der Waals surface area (Å²) in [5.74, 6) is 1.09. The molecule has 0 saturated carbocycles. The molecule has 1 atom stereocenters. The van der Waals surface area contributed by atoms with Crippen LogP contribution in [0.25, 0.3) is 11.1 Å². The van der Waals surface area contributed by atoms with Gasteiger partial charge in [-0.15, -0.1) is 0 Å². The summed E-state index contributed by atoms with van der Waals surface area (Å²) < 4.78 is 48.9. The van der Waals surface area contributed by atoms with Crippen LogP contribution in [0.5, 0.6) is 5.75 Å². The normalized spacial score (nSPS) is 14.4. The average molecular weight is 523 g/mol. The lowest BCUT2D eigenvalue weighted by molar-refractivity contribution is -0.140. The van der Waals surface area contributed by atoms with Gasteiger partial charge in [0.25, 0.3) is 5.91 Å². The van der Waals surface area contributed by atoms with Crippen molar-refractivity contribution in [3.63, 3.8) is 0 Å². The van der Waals surface area contributed by atoms with E-state index in [2.05, 4.69) is 19.9 Å². The Labute approximate surface area is 217 Å². The van der Waals surface area contributed by atoms with E-state index in [0.29, 0.717) is 53.2 Å². The number of halogens is 3. The van der Waals surface area contributed by atoms with Crippen LogP contribution in [0.3, 0.4) is 0 Å². The first-order valence-corrected chi connectivity index (χ1v) is 12.0. The number of alkyl halides is 3. The van der Waals surface area contributed by atoms with Crippen LogP contribution in [0.2, 0.25) is 0 Å². The van der Waals surface area contributed by atoms with Crippen molar-refractivity contribution in [1.82, 2.24) is 29.4 Å². The Morgan fingerprint density at radius 1 is 1.08 bits per heavy atom. The van der Waals surface area contributed by atoms with Gasteiger partial charge in [-0.3, -0.25) is 9.78 Å². The summed E-state index contributed by atoms with van der Waals surface area (Å²) in [4.78, 5) is 31.6. The SMILES string of the molecule is COc1ccnc([C@H](C)N2CCc3c(cc(Cn4ccnc4C)cc3-c3cncnc3C(F)(F)F)C2=O)c1. The first-order chi connectivity index (χ1) is 18.2. The van der Waals surface area contributed by atoms with Crippen LogP contribution in [0.1, 0.15) is 51.7 Å². The summed E-state index contributed by atoms with van der Waals surface area (Å²) in [5, 5.41) is 0. The Balaban J connectivity index is 1.63. The van der Waals surface area contributed by atoms with E-state index in [1.165, 1.54) is 0 Å². The highest BCUT2D eigenvalue weighted by molar-refractivity contribution is 5.99. The number of nitrogens with zero attached hydrogens (tertiary/aromatic N) is 6. The Morgan fingerprint density at radius 2 is 1.87 bits per heavy atom. The number of methoxy groups -OCH3 is 1. The van der Waals surface area contributed by atoms with Gasteiger partial charge in [-0.05, 0) is 55.2 Å². The molecule has 0 bridgehead atoms. The molecule has 0 saturated heterocycles. The van der Waals surface area contributed by atoms with Crippen molar-refractivity contribution in [1.29, 1.82) is 0 Å². The number of ether oxygens (including phenoxy) is 1. The zero-order valence-corrected chi connectivity index (χ0v) is 21.0. The standard InChI is InChI=1S/C27H25F3N6O2/c1-16(24-12-19(38-3)4-6-33-24)36-8-5-20-21(23-13-31-15-34-25(23)27(28,29)30)10-18(11-22(20)26(36)37)14-35-9-7-32-17(35)2/h4,6-7,9-13,15-16H,5,8,14H2,1-3H3/t16-/m0/s1. The quantitative estimate of drug-likeness (QED) is 0.359. The smallest absolute Gasteiger partial charge is 0.434 e. The minimum absolute atomic E-state index is 0.149. The highest BCUT2D eigenvalue weighted by Gasteiger charge is 2.38. The second kappa shape index (κ2) is 9.88. The van der Waals surface area contributed by atoms with E-state index in [9.17, 15) is 18.0 Å². The molecule has 4 aromatic rings. The molecule has 196 valence electrons. The van der Waals surface area contributed by atoms with Gasteiger partial charge in [-0.25, -0.2) is 15.0 Å². The van der Waals surface area contributed by atoms with Crippen molar-refractivity contribution in [2.75, 3.05) is 13.7 Å². The number of benzene rings is 1. The Bertz CT molecular complexity index is 1500. The fraction of sp³-hybridized carbons (Fsp3) is 0.296. The fourth-order valence-corrected chi connectivity index (χ4v) is 4.84. The molecule has 0 N–H and O–H groups in total. The number of fused-ring (bicyclic) bond motifs is 1. The van der Waals surface area contributed by atoms with E-state index in [1.807, 2.05) is 18.4 Å². The molecule has 0 aliphatic carbocycles. The number of pyridine rings is 1. The summed E-state index contributed by atoms with van der Waals surface area (Å²) in [7, 11) is 1.56. The Morgan fingerprint density at radius 3 is 2.58 bits per heavy atom. The number of carbonyl (C=O) groups excluding carboxylic acids is 1. The molecular formula is C27H25F3N6O2. The van der Waals surface area contributed by atoms with E-state index in [4.69, 9.17) is 4.74 Å². The van der Waals surface area contributed by atoms with Gasteiger partial charge in [0, 0.05) is 55.1 Å². The lowest BCUT2D eigenvalue weighted by atomic mass is 9.87. The van der Waals surface area contributed by atoms with E-state index in [0.717, 1.165) is 18.3 Å². The van der Waals surface area contributed by atoms with Crippen LogP contribution in [0.15, 0.2) is 55.4 Å². The molecule has 11 heteroatoms. The molecule has 8 nitrogen and oxygen atoms in total. The molecule has 3 aromatic heterocycles. The van der Waals surface area contributed by atoms with Crippen LogP contribution in [0, 0.1) is 6.92 Å². The van der Waals surface area contributed by atoms with E-state index in [1.54, 1.807) is 54.9 Å². The van der Waals surface area contributed by atoms with Crippen LogP contribution < -0.4 is 4.74 Å². The highest BCUT2D eigenvalue weighted by atomic mass is 19.4. The molecule has 0 fully saturated rings. The third-order valence-corrected chi connectivity index (χ3v) is 6.83. The van der Waals surface area contributed by atoms with Gasteiger partial charge in [0.15, 0.2) is 5.69 Å². The Hall–Kier alpha value is -4.28. The maximum absolute atomic E-state index is 13.9. The van der Waals surface area contributed by atoms with E-state index >= 15 is 0 Å². The van der Waals surface area contributed by atoms with Crippen molar-refractivity contribution >= 4 is 5.91 Å². The molecule has 0 unspecified atom stereocenters. The molecule has 1 amide bonds. The molecule has 5 rings (SSSR count). The van der Waals surface area contributed by atoms with Gasteiger partial charge in [0.1, 0.15) is 17.9 Å². The summed E-state index contributed by atoms with van der Waals surface area (Å²) in [6, 6.07) is 6.58. The first-order valence-electron chi connectivity index (χ1n) is 12.0. The van der Waals surface area contributed by atoms with Crippen LogP contribution in [0.4, 0.5) is 13.2 Å². The minimum atomic E-state index is -4.68. The largest absolute Gasteiger partial charge is 0.497 e. The number of carbonyl (C=O) groups is 1. The second-order valence-corrected chi connectivity index (χ2v) is 9.10. The van der Waals surface area contributed by atoms with Crippen LogP contribution >= 0.6 is 0 Å². The molecule has 0 radical (unpaired) electrons. The topological polar surface area (TPSA) is 86.0 Å². The van der Waals surface area contributed by atoms with Crippen LogP contribution in [-0.4, -0.2) is 49.0 Å². The zero-order valence-electron chi connectivity index (χ0n) is 21.0. The molecule has 1 aliphatic heterocycles. The van der Waals surface area contributed by atoms with Crippen molar-refractivity contribution in [3.05, 3.63) is 89.3 Å². The number of hydrogen-bond donors (Lipinski definition) is 0. The molecular weight excluding hydrogens is 497 g/mol. The van der Waals surface area contributed by atoms with Crippen LogP contribution in [-0.2, 0) is 19.1 Å². The van der Waals surface area contributed by atoms with Gasteiger partial charge >= 0.3 is 6.18 Å². The summed E-state index contributed by atoms with van der Waals surface area (Å²) in [6.45, 7) is 4.36. The lowest BCUT2D eigenvalue weighted by Crippen LogP contribution is -2.40. The first kappa shape index (κ1) is 25.4. The second-order valence-electron chi connectivity index (χ2n) is 9.10.